The van der Waals surface area contributed by atoms with Crippen LogP contribution >= 0.6 is 12.4 Å². The van der Waals surface area contributed by atoms with E-state index in [1.54, 1.807) is 0 Å². The minimum absolute atomic E-state index is 0. The molecule has 1 amide bonds. The molecule has 0 radical (unpaired) electrons. The van der Waals surface area contributed by atoms with Crippen molar-refractivity contribution in [1.29, 1.82) is 0 Å². The molecule has 11 heteroatoms. The van der Waals surface area contributed by atoms with E-state index in [9.17, 15) is 13.2 Å². The monoisotopic (exact) mass is 374 g/mol. The van der Waals surface area contributed by atoms with Crippen LogP contribution in [0.25, 0.3) is 0 Å². The van der Waals surface area contributed by atoms with E-state index in [0.717, 1.165) is 37.3 Å². The van der Waals surface area contributed by atoms with Gasteiger partial charge in [0.2, 0.25) is 5.91 Å². The van der Waals surface area contributed by atoms with Gasteiger partial charge in [-0.25, -0.2) is 15.1 Å². The highest BCUT2D eigenvalue weighted by Crippen LogP contribution is 2.43. The molecular formula is C13H19ClN6O3S. The van der Waals surface area contributed by atoms with E-state index >= 15 is 0 Å². The highest BCUT2D eigenvalue weighted by molar-refractivity contribution is 7.86. The first-order valence-corrected chi connectivity index (χ1v) is 9.03. The summed E-state index contributed by atoms with van der Waals surface area (Å²) in [7, 11) is -3.64. The van der Waals surface area contributed by atoms with Crippen LogP contribution in [0, 0.1) is 5.41 Å². The van der Waals surface area contributed by atoms with Gasteiger partial charge >= 0.3 is 0 Å². The summed E-state index contributed by atoms with van der Waals surface area (Å²) in [6, 6.07) is 0. The second-order valence-electron chi connectivity index (χ2n) is 6.59. The third-order valence-corrected chi connectivity index (χ3v) is 5.89. The molecule has 4 heterocycles. The van der Waals surface area contributed by atoms with E-state index < -0.39 is 10.2 Å². The van der Waals surface area contributed by atoms with Gasteiger partial charge < -0.3 is 10.2 Å². The largest absolute Gasteiger partial charge is 0.355 e. The van der Waals surface area contributed by atoms with Gasteiger partial charge in [0.25, 0.3) is 10.2 Å². The molecule has 132 valence electrons. The van der Waals surface area contributed by atoms with Crippen molar-refractivity contribution < 1.29 is 13.2 Å². The van der Waals surface area contributed by atoms with Crippen LogP contribution in [0.3, 0.4) is 0 Å². The number of hydrogen-bond donors (Lipinski definition) is 2. The SMILES string of the molecule is Cl.NS(=O)(=O)N1CCCC2(CN(c3ncnc4c3CC(=O)N4)C2)C1. The van der Waals surface area contributed by atoms with E-state index in [0.29, 0.717) is 18.9 Å². The van der Waals surface area contributed by atoms with Crippen molar-refractivity contribution in [3.05, 3.63) is 11.9 Å². The minimum Gasteiger partial charge on any atom is -0.355 e. The summed E-state index contributed by atoms with van der Waals surface area (Å²) in [4.78, 5) is 22.0. The van der Waals surface area contributed by atoms with E-state index in [2.05, 4.69) is 20.2 Å². The van der Waals surface area contributed by atoms with Crippen LogP contribution in [0.5, 0.6) is 0 Å². The summed E-state index contributed by atoms with van der Waals surface area (Å²) in [6.07, 6.45) is 3.52. The Labute approximate surface area is 146 Å². The third-order valence-electron chi connectivity index (χ3n) is 4.86. The van der Waals surface area contributed by atoms with Crippen LogP contribution in [0.15, 0.2) is 6.33 Å². The number of anilines is 2. The molecule has 0 unspecified atom stereocenters. The average Bonchev–Trinajstić information content (AvgIpc) is 2.84. The van der Waals surface area contributed by atoms with Gasteiger partial charge in [-0.05, 0) is 12.8 Å². The maximum Gasteiger partial charge on any atom is 0.276 e. The molecule has 0 saturated carbocycles. The zero-order chi connectivity index (χ0) is 16.2. The summed E-state index contributed by atoms with van der Waals surface area (Å²) in [5.74, 6) is 1.28. The molecule has 3 N–H and O–H groups in total. The molecule has 3 aliphatic heterocycles. The molecule has 0 atom stereocenters. The second-order valence-corrected chi connectivity index (χ2v) is 8.13. The first-order valence-electron chi connectivity index (χ1n) is 7.53. The molecule has 1 aromatic heterocycles. The highest BCUT2D eigenvalue weighted by Gasteiger charge is 2.48. The van der Waals surface area contributed by atoms with Crippen LogP contribution in [0.2, 0.25) is 0 Å². The second kappa shape index (κ2) is 5.80. The molecule has 9 nitrogen and oxygen atoms in total. The molecule has 2 saturated heterocycles. The number of nitrogens with zero attached hydrogens (tertiary/aromatic N) is 4. The fraction of sp³-hybridized carbons (Fsp3) is 0.615. The van der Waals surface area contributed by atoms with Gasteiger partial charge in [-0.15, -0.1) is 12.4 Å². The van der Waals surface area contributed by atoms with Crippen molar-refractivity contribution in [2.45, 2.75) is 19.3 Å². The van der Waals surface area contributed by atoms with Crippen molar-refractivity contribution in [2.24, 2.45) is 10.6 Å². The molecule has 3 aliphatic rings. The Kier molecular flexibility index (Phi) is 4.19. The van der Waals surface area contributed by atoms with Crippen LogP contribution in [-0.4, -0.2) is 54.8 Å². The maximum atomic E-state index is 11.6. The molecule has 0 aliphatic carbocycles. The van der Waals surface area contributed by atoms with Gasteiger partial charge in [0, 0.05) is 37.2 Å². The number of rotatable bonds is 2. The van der Waals surface area contributed by atoms with Crippen molar-refractivity contribution in [3.8, 4) is 0 Å². The normalized spacial score (nSPS) is 22.5. The summed E-state index contributed by atoms with van der Waals surface area (Å²) in [6.45, 7) is 2.38. The molecular weight excluding hydrogens is 356 g/mol. The van der Waals surface area contributed by atoms with Crippen molar-refractivity contribution in [1.82, 2.24) is 14.3 Å². The smallest absolute Gasteiger partial charge is 0.276 e. The zero-order valence-electron chi connectivity index (χ0n) is 12.9. The number of amides is 1. The van der Waals surface area contributed by atoms with E-state index in [1.165, 1.54) is 10.6 Å². The lowest BCUT2D eigenvalue weighted by Crippen LogP contribution is -2.64. The number of nitrogens with two attached hydrogens (primary N) is 1. The van der Waals surface area contributed by atoms with Crippen LogP contribution in [0.4, 0.5) is 11.6 Å². The number of carbonyl (C=O) groups is 1. The third kappa shape index (κ3) is 2.83. The number of hydrogen-bond acceptors (Lipinski definition) is 6. The Balaban J connectivity index is 0.00000169. The first-order chi connectivity index (χ1) is 10.9. The van der Waals surface area contributed by atoms with E-state index in [-0.39, 0.29) is 30.2 Å². The molecule has 2 fully saturated rings. The summed E-state index contributed by atoms with van der Waals surface area (Å²) in [5, 5.41) is 7.98. The standard InChI is InChI=1S/C13H18N6O3S.ClH/c14-23(21,22)19-3-1-2-13(7-19)5-18(6-13)12-9-4-10(20)17-11(9)15-8-16-12;/h8H,1-7H2,(H2,14,21,22)(H,15,16,17,20);1H. The van der Waals surface area contributed by atoms with Gasteiger partial charge in [-0.3, -0.25) is 4.79 Å². The number of nitrogens with one attached hydrogen (secondary N) is 1. The first kappa shape index (κ1) is 17.3. The predicted molar refractivity (Wildman–Crippen MR) is 90.2 cm³/mol. The Morgan fingerprint density at radius 3 is 2.71 bits per heavy atom. The van der Waals surface area contributed by atoms with Crippen molar-refractivity contribution in [2.75, 3.05) is 36.4 Å². The average molecular weight is 375 g/mol. The lowest BCUT2D eigenvalue weighted by molar-refractivity contribution is -0.115. The summed E-state index contributed by atoms with van der Waals surface area (Å²) in [5.41, 5.74) is 0.755. The van der Waals surface area contributed by atoms with Crippen LogP contribution in [-0.2, 0) is 21.4 Å². The van der Waals surface area contributed by atoms with Gasteiger partial charge in [-0.1, -0.05) is 0 Å². The molecule has 24 heavy (non-hydrogen) atoms. The number of halogens is 1. The number of aromatic nitrogens is 2. The maximum absolute atomic E-state index is 11.6. The number of fused-ring (bicyclic) bond motifs is 1. The summed E-state index contributed by atoms with van der Waals surface area (Å²) >= 11 is 0. The zero-order valence-corrected chi connectivity index (χ0v) is 14.6. The topological polar surface area (TPSA) is 122 Å². The minimum atomic E-state index is -3.64. The van der Waals surface area contributed by atoms with Gasteiger partial charge in [0.05, 0.1) is 6.42 Å². The quantitative estimate of drug-likeness (QED) is 0.719. The van der Waals surface area contributed by atoms with E-state index in [4.69, 9.17) is 5.14 Å². The molecule has 0 bridgehead atoms. The van der Waals surface area contributed by atoms with Gasteiger partial charge in [-0.2, -0.15) is 12.7 Å². The molecule has 4 rings (SSSR count). The van der Waals surface area contributed by atoms with Crippen LogP contribution < -0.4 is 15.4 Å². The van der Waals surface area contributed by atoms with Crippen molar-refractivity contribution in [3.63, 3.8) is 0 Å². The Hall–Kier alpha value is -1.49. The van der Waals surface area contributed by atoms with Crippen molar-refractivity contribution >= 4 is 40.2 Å². The number of carbonyl (C=O) groups excluding carboxylic acids is 1. The Morgan fingerprint density at radius 1 is 1.25 bits per heavy atom. The molecule has 0 aromatic carbocycles. The fourth-order valence-corrected chi connectivity index (χ4v) is 4.67. The molecule has 1 spiro atoms. The lowest BCUT2D eigenvalue weighted by Gasteiger charge is -2.54. The van der Waals surface area contributed by atoms with Gasteiger partial charge in [0.1, 0.15) is 18.0 Å². The van der Waals surface area contributed by atoms with Crippen LogP contribution in [0.1, 0.15) is 18.4 Å². The predicted octanol–water partition coefficient (Wildman–Crippen LogP) is -0.501. The fourth-order valence-electron chi connectivity index (χ4n) is 3.83. The van der Waals surface area contributed by atoms with Gasteiger partial charge in [0.15, 0.2) is 0 Å². The summed E-state index contributed by atoms with van der Waals surface area (Å²) < 4.78 is 24.5. The lowest BCUT2D eigenvalue weighted by atomic mass is 9.74. The molecule has 1 aromatic rings. The Bertz CT molecular complexity index is 780. The van der Waals surface area contributed by atoms with E-state index in [1.807, 2.05) is 0 Å². The highest BCUT2D eigenvalue weighted by atomic mass is 35.5. The Morgan fingerprint density at radius 2 is 2.00 bits per heavy atom. The number of piperidine rings is 1.